The van der Waals surface area contributed by atoms with Crippen LogP contribution in [0.25, 0.3) is 0 Å². The van der Waals surface area contributed by atoms with E-state index < -0.39 is 45.8 Å². The van der Waals surface area contributed by atoms with Crippen LogP contribution < -0.4 is 5.32 Å². The van der Waals surface area contributed by atoms with Crippen LogP contribution in [-0.2, 0) is 25.0 Å². The first-order valence-electron chi connectivity index (χ1n) is 10.3. The molecular weight excluding hydrogens is 406 g/mol. The first-order valence-corrected chi connectivity index (χ1v) is 12.1. The summed E-state index contributed by atoms with van der Waals surface area (Å²) in [5, 5.41) is 2.77. The van der Waals surface area contributed by atoms with E-state index >= 15 is 0 Å². The summed E-state index contributed by atoms with van der Waals surface area (Å²) in [5.74, 6) is -0.767. The molecule has 2 atom stereocenters. The molecular formula is C21H29N3O5S. The molecule has 0 aromatic heterocycles. The second kappa shape index (κ2) is 8.37. The molecule has 1 aromatic carbocycles. The number of amides is 4. The van der Waals surface area contributed by atoms with Gasteiger partial charge in [0.25, 0.3) is 5.91 Å². The third-order valence-corrected chi connectivity index (χ3v) is 7.55. The normalized spacial score (nSPS) is 25.6. The summed E-state index contributed by atoms with van der Waals surface area (Å²) in [4.78, 5) is 41.5. The molecule has 1 N–H and O–H groups in total. The molecule has 2 saturated heterocycles. The van der Waals surface area contributed by atoms with Crippen LogP contribution in [0.5, 0.6) is 0 Å². The van der Waals surface area contributed by atoms with E-state index in [1.807, 2.05) is 26.8 Å². The van der Waals surface area contributed by atoms with Crippen LogP contribution in [0.4, 0.5) is 4.79 Å². The Morgan fingerprint density at radius 2 is 1.93 bits per heavy atom. The Morgan fingerprint density at radius 3 is 2.47 bits per heavy atom. The third-order valence-electron chi connectivity index (χ3n) is 5.80. The molecule has 2 heterocycles. The van der Waals surface area contributed by atoms with Crippen molar-refractivity contribution < 1.29 is 22.8 Å². The molecule has 0 bridgehead atoms. The number of imide groups is 1. The molecule has 8 nitrogen and oxygen atoms in total. The molecule has 0 spiro atoms. The standard InChI is InChI=1S/C21H29N3O5S/c1-4-21(16-8-6-5-7-9-16)19(26)24(20(27)22-21)13-18(25)23(12-15(2)3)17-10-11-30(28,29)14-17/h5-9,15,17H,4,10-14H2,1-3H3,(H,22,27)/t17-,21+/m0/s1. The summed E-state index contributed by atoms with van der Waals surface area (Å²) in [6, 6.07) is 7.95. The molecule has 2 fully saturated rings. The number of hydrogen-bond acceptors (Lipinski definition) is 5. The highest BCUT2D eigenvalue weighted by molar-refractivity contribution is 7.91. The van der Waals surface area contributed by atoms with Crippen molar-refractivity contribution in [1.29, 1.82) is 0 Å². The second-order valence-corrected chi connectivity index (χ2v) is 10.7. The van der Waals surface area contributed by atoms with Crippen LogP contribution in [0.3, 0.4) is 0 Å². The van der Waals surface area contributed by atoms with E-state index in [4.69, 9.17) is 0 Å². The predicted molar refractivity (Wildman–Crippen MR) is 112 cm³/mol. The van der Waals surface area contributed by atoms with Gasteiger partial charge in [-0.2, -0.15) is 0 Å². The average molecular weight is 436 g/mol. The van der Waals surface area contributed by atoms with Gasteiger partial charge < -0.3 is 10.2 Å². The molecule has 0 unspecified atom stereocenters. The topological polar surface area (TPSA) is 104 Å². The van der Waals surface area contributed by atoms with Crippen molar-refractivity contribution >= 4 is 27.7 Å². The molecule has 9 heteroatoms. The molecule has 164 valence electrons. The summed E-state index contributed by atoms with van der Waals surface area (Å²) in [7, 11) is -3.17. The Balaban J connectivity index is 1.82. The fourth-order valence-electron chi connectivity index (χ4n) is 4.23. The van der Waals surface area contributed by atoms with Gasteiger partial charge in [0.15, 0.2) is 9.84 Å². The van der Waals surface area contributed by atoms with Crippen LogP contribution in [0.1, 0.15) is 39.2 Å². The lowest BCUT2D eigenvalue weighted by Gasteiger charge is -2.31. The number of urea groups is 1. The summed E-state index contributed by atoms with van der Waals surface area (Å²) >= 11 is 0. The van der Waals surface area contributed by atoms with E-state index in [0.29, 0.717) is 24.9 Å². The number of hydrogen-bond donors (Lipinski definition) is 1. The van der Waals surface area contributed by atoms with E-state index in [9.17, 15) is 22.8 Å². The number of nitrogens with zero attached hydrogens (tertiary/aromatic N) is 2. The molecule has 0 aliphatic carbocycles. The SMILES string of the molecule is CC[C@]1(c2ccccc2)NC(=O)N(CC(=O)N(CC(C)C)[C@H]2CCS(=O)(=O)C2)C1=O. The first kappa shape index (κ1) is 22.3. The Labute approximate surface area is 177 Å². The number of carbonyl (C=O) groups excluding carboxylic acids is 3. The van der Waals surface area contributed by atoms with Crippen molar-refractivity contribution in [3.05, 3.63) is 35.9 Å². The van der Waals surface area contributed by atoms with Gasteiger partial charge in [-0.05, 0) is 24.3 Å². The van der Waals surface area contributed by atoms with Crippen molar-refractivity contribution in [2.75, 3.05) is 24.6 Å². The largest absolute Gasteiger partial charge is 0.337 e. The van der Waals surface area contributed by atoms with E-state index in [1.54, 1.807) is 24.3 Å². The number of nitrogens with one attached hydrogen (secondary N) is 1. The van der Waals surface area contributed by atoms with Gasteiger partial charge in [0.1, 0.15) is 12.1 Å². The van der Waals surface area contributed by atoms with Crippen LogP contribution in [0.15, 0.2) is 30.3 Å². The van der Waals surface area contributed by atoms with Crippen molar-refractivity contribution in [2.24, 2.45) is 5.92 Å². The summed E-state index contributed by atoms with van der Waals surface area (Å²) in [5.41, 5.74) is -0.528. The average Bonchev–Trinajstić information content (AvgIpc) is 3.18. The lowest BCUT2D eigenvalue weighted by atomic mass is 9.87. The molecule has 2 aliphatic heterocycles. The summed E-state index contributed by atoms with van der Waals surface area (Å²) < 4.78 is 23.8. The van der Waals surface area contributed by atoms with E-state index in [1.165, 1.54) is 4.90 Å². The minimum atomic E-state index is -3.17. The van der Waals surface area contributed by atoms with Crippen molar-refractivity contribution in [3.8, 4) is 0 Å². The minimum Gasteiger partial charge on any atom is -0.337 e. The Morgan fingerprint density at radius 1 is 1.27 bits per heavy atom. The number of benzene rings is 1. The maximum absolute atomic E-state index is 13.3. The van der Waals surface area contributed by atoms with Crippen LogP contribution >= 0.6 is 0 Å². The van der Waals surface area contributed by atoms with Crippen LogP contribution in [0, 0.1) is 5.92 Å². The highest BCUT2D eigenvalue weighted by Crippen LogP contribution is 2.32. The van der Waals surface area contributed by atoms with Crippen molar-refractivity contribution in [2.45, 2.75) is 45.2 Å². The fourth-order valence-corrected chi connectivity index (χ4v) is 5.96. The number of sulfone groups is 1. The predicted octanol–water partition coefficient (Wildman–Crippen LogP) is 1.52. The minimum absolute atomic E-state index is 0.0512. The van der Waals surface area contributed by atoms with Gasteiger partial charge >= 0.3 is 6.03 Å². The molecule has 0 radical (unpaired) electrons. The third kappa shape index (κ3) is 4.21. The molecule has 3 rings (SSSR count). The van der Waals surface area contributed by atoms with E-state index in [0.717, 1.165) is 4.90 Å². The highest BCUT2D eigenvalue weighted by Gasteiger charge is 2.52. The zero-order valence-corrected chi connectivity index (χ0v) is 18.4. The van der Waals surface area contributed by atoms with Gasteiger partial charge in [-0.3, -0.25) is 14.5 Å². The van der Waals surface area contributed by atoms with Gasteiger partial charge in [0, 0.05) is 12.6 Å². The van der Waals surface area contributed by atoms with Gasteiger partial charge in [-0.1, -0.05) is 51.1 Å². The lowest BCUT2D eigenvalue weighted by molar-refractivity contribution is -0.140. The first-order chi connectivity index (χ1) is 14.1. The Hall–Kier alpha value is -2.42. The Kier molecular flexibility index (Phi) is 6.21. The van der Waals surface area contributed by atoms with Gasteiger partial charge in [-0.25, -0.2) is 13.2 Å². The maximum Gasteiger partial charge on any atom is 0.325 e. The Bertz CT molecular complexity index is 931. The van der Waals surface area contributed by atoms with Crippen molar-refractivity contribution in [3.63, 3.8) is 0 Å². The smallest absolute Gasteiger partial charge is 0.325 e. The zero-order chi connectivity index (χ0) is 22.1. The molecule has 2 aliphatic rings. The zero-order valence-electron chi connectivity index (χ0n) is 17.6. The van der Waals surface area contributed by atoms with Crippen molar-refractivity contribution in [1.82, 2.24) is 15.1 Å². The summed E-state index contributed by atoms with van der Waals surface area (Å²) in [6.07, 6.45) is 0.729. The molecule has 4 amide bonds. The fraction of sp³-hybridized carbons (Fsp3) is 0.571. The quantitative estimate of drug-likeness (QED) is 0.654. The lowest BCUT2D eigenvalue weighted by Crippen LogP contribution is -2.49. The molecule has 30 heavy (non-hydrogen) atoms. The maximum atomic E-state index is 13.3. The molecule has 0 saturated carbocycles. The van der Waals surface area contributed by atoms with E-state index in [-0.39, 0.29) is 17.4 Å². The highest BCUT2D eigenvalue weighted by atomic mass is 32.2. The number of carbonyl (C=O) groups is 3. The van der Waals surface area contributed by atoms with Gasteiger partial charge in [0.2, 0.25) is 5.91 Å². The monoisotopic (exact) mass is 435 g/mol. The van der Waals surface area contributed by atoms with Crippen LogP contribution in [0.2, 0.25) is 0 Å². The van der Waals surface area contributed by atoms with Gasteiger partial charge in [-0.15, -0.1) is 0 Å². The van der Waals surface area contributed by atoms with Crippen LogP contribution in [-0.4, -0.2) is 66.7 Å². The van der Waals surface area contributed by atoms with Gasteiger partial charge in [0.05, 0.1) is 11.5 Å². The summed E-state index contributed by atoms with van der Waals surface area (Å²) in [6.45, 7) is 5.66. The molecule has 1 aromatic rings. The number of rotatable bonds is 7. The second-order valence-electron chi connectivity index (χ2n) is 8.44. The van der Waals surface area contributed by atoms with E-state index in [2.05, 4.69) is 5.32 Å².